The molecule has 0 saturated carbocycles. The lowest BCUT2D eigenvalue weighted by molar-refractivity contribution is -0.150. The van der Waals surface area contributed by atoms with Crippen molar-refractivity contribution < 1.29 is 28.1 Å². The van der Waals surface area contributed by atoms with Crippen LogP contribution in [0.15, 0.2) is 44.3 Å². The number of amides is 2. The highest BCUT2D eigenvalue weighted by Gasteiger charge is 2.54. The van der Waals surface area contributed by atoms with Gasteiger partial charge < -0.3 is 14.8 Å². The van der Waals surface area contributed by atoms with Crippen molar-refractivity contribution in [2.24, 2.45) is 5.11 Å². The van der Waals surface area contributed by atoms with E-state index in [-0.39, 0.29) is 28.8 Å². The third-order valence-electron chi connectivity index (χ3n) is 3.87. The Morgan fingerprint density at radius 2 is 2.33 bits per heavy atom. The lowest BCUT2D eigenvalue weighted by atomic mass is 10.0. The molecule has 27 heavy (non-hydrogen) atoms. The van der Waals surface area contributed by atoms with E-state index in [0.717, 1.165) is 4.90 Å². The van der Waals surface area contributed by atoms with E-state index in [2.05, 4.69) is 15.3 Å². The Morgan fingerprint density at radius 1 is 1.56 bits per heavy atom. The molecule has 142 valence electrons. The van der Waals surface area contributed by atoms with Gasteiger partial charge >= 0.3 is 5.97 Å². The minimum absolute atomic E-state index is 0.151. The summed E-state index contributed by atoms with van der Waals surface area (Å²) in [5.74, 6) is -2.62. The van der Waals surface area contributed by atoms with Gasteiger partial charge in [-0.3, -0.25) is 18.7 Å². The minimum Gasteiger partial charge on any atom is -0.477 e. The Kier molecular flexibility index (Phi) is 5.54. The Bertz CT molecular complexity index is 892. The first-order chi connectivity index (χ1) is 12.9. The first-order valence-corrected chi connectivity index (χ1v) is 9.93. The number of thioether (sulfide) groups is 1. The highest BCUT2D eigenvalue weighted by Crippen LogP contribution is 2.40. The molecule has 11 nitrogen and oxygen atoms in total. The Labute approximate surface area is 158 Å². The lowest BCUT2D eigenvalue weighted by Gasteiger charge is -2.49. The molecule has 1 aromatic rings. The number of β-lactam (4-membered cyclic amide) rings is 1. The van der Waals surface area contributed by atoms with Gasteiger partial charge in [0.25, 0.3) is 5.91 Å². The summed E-state index contributed by atoms with van der Waals surface area (Å²) in [6, 6.07) is 2.11. The molecule has 0 aliphatic carbocycles. The fourth-order valence-corrected chi connectivity index (χ4v) is 4.91. The fourth-order valence-electron chi connectivity index (χ4n) is 2.72. The van der Waals surface area contributed by atoms with Crippen LogP contribution in [0, 0.1) is 0 Å². The quantitative estimate of drug-likeness (QED) is 0.284. The van der Waals surface area contributed by atoms with Gasteiger partial charge in [-0.25, -0.2) is 4.79 Å². The van der Waals surface area contributed by atoms with Crippen molar-refractivity contribution in [3.05, 3.63) is 40.1 Å². The number of rotatable bonds is 7. The molecule has 0 spiro atoms. The lowest BCUT2D eigenvalue weighted by Crippen LogP contribution is -2.70. The summed E-state index contributed by atoms with van der Waals surface area (Å²) in [6.07, 6.45) is 1.34. The van der Waals surface area contributed by atoms with Crippen LogP contribution >= 0.6 is 11.8 Å². The van der Waals surface area contributed by atoms with Gasteiger partial charge in [-0.1, -0.05) is 5.11 Å². The Morgan fingerprint density at radius 3 is 2.96 bits per heavy atom. The second-order valence-electron chi connectivity index (χ2n) is 5.52. The molecule has 1 saturated heterocycles. The molecular weight excluding hydrogens is 398 g/mol. The highest BCUT2D eigenvalue weighted by molar-refractivity contribution is 8.00. The fraction of sp³-hybridized carbons (Fsp3) is 0.357. The summed E-state index contributed by atoms with van der Waals surface area (Å²) in [5.41, 5.74) is 8.52. The maximum Gasteiger partial charge on any atom is 0.352 e. The van der Waals surface area contributed by atoms with Crippen molar-refractivity contribution in [1.29, 1.82) is 0 Å². The number of furan rings is 1. The zero-order chi connectivity index (χ0) is 19.6. The Hall–Kier alpha value is -2.76. The topological polar surface area (TPSA) is 166 Å². The van der Waals surface area contributed by atoms with Crippen molar-refractivity contribution in [3.8, 4) is 0 Å². The standard InChI is InChI=1S/C14H13N5O6S2/c15-18-16-4-7-5-26-13-10(12(21)19(13)11(7)14(22)23)17-8(20)6-27(24)9-2-1-3-25-9/h1-3,10,13H,4-6H2,(H,17,20)(H,22,23)/t10?,13-,27?/m1/s1. The second kappa shape index (κ2) is 7.86. The van der Waals surface area contributed by atoms with Crippen molar-refractivity contribution in [3.63, 3.8) is 0 Å². The van der Waals surface area contributed by atoms with Gasteiger partial charge in [-0.2, -0.15) is 0 Å². The summed E-state index contributed by atoms with van der Waals surface area (Å²) >= 11 is 1.25. The summed E-state index contributed by atoms with van der Waals surface area (Å²) in [5, 5.41) is 14.8. The number of nitrogens with zero attached hydrogens (tertiary/aromatic N) is 4. The van der Waals surface area contributed by atoms with E-state index >= 15 is 0 Å². The summed E-state index contributed by atoms with van der Waals surface area (Å²) in [4.78, 5) is 39.7. The zero-order valence-electron chi connectivity index (χ0n) is 13.6. The van der Waals surface area contributed by atoms with Crippen LogP contribution in [-0.2, 0) is 25.2 Å². The first-order valence-electron chi connectivity index (χ1n) is 7.56. The van der Waals surface area contributed by atoms with Gasteiger partial charge in [0.05, 0.1) is 23.6 Å². The third-order valence-corrected chi connectivity index (χ3v) is 6.42. The number of hydrogen-bond donors (Lipinski definition) is 2. The van der Waals surface area contributed by atoms with E-state index in [1.165, 1.54) is 24.1 Å². The van der Waals surface area contributed by atoms with E-state index in [9.17, 15) is 23.7 Å². The number of azide groups is 1. The molecule has 2 unspecified atom stereocenters. The molecule has 1 fully saturated rings. The normalized spacial score (nSPS) is 22.4. The SMILES string of the molecule is [N-]=[N+]=NCC1=C(C(=O)O)N2C(=O)C(NC(=O)CS(=O)c3ccco3)[C@H]2SC1. The molecule has 3 atom stereocenters. The van der Waals surface area contributed by atoms with Crippen LogP contribution < -0.4 is 5.32 Å². The number of carbonyl (C=O) groups is 3. The molecule has 0 aromatic carbocycles. The molecule has 0 radical (unpaired) electrons. The number of nitrogens with one attached hydrogen (secondary N) is 1. The minimum atomic E-state index is -1.68. The van der Waals surface area contributed by atoms with Crippen LogP contribution in [0.1, 0.15) is 0 Å². The van der Waals surface area contributed by atoms with Gasteiger partial charge in [0.15, 0.2) is 5.09 Å². The highest BCUT2D eigenvalue weighted by atomic mass is 32.2. The number of carbonyl (C=O) groups excluding carboxylic acids is 2. The van der Waals surface area contributed by atoms with E-state index < -0.39 is 40.0 Å². The molecule has 3 heterocycles. The number of carboxylic acid groups (broad SMARTS) is 1. The van der Waals surface area contributed by atoms with Crippen LogP contribution in [0.25, 0.3) is 10.4 Å². The zero-order valence-corrected chi connectivity index (χ0v) is 15.2. The van der Waals surface area contributed by atoms with Crippen molar-refractivity contribution in [2.45, 2.75) is 16.5 Å². The largest absolute Gasteiger partial charge is 0.477 e. The number of aliphatic carboxylic acids is 1. The van der Waals surface area contributed by atoms with E-state index in [1.54, 1.807) is 6.07 Å². The first kappa shape index (κ1) is 19.0. The van der Waals surface area contributed by atoms with Crippen LogP contribution in [-0.4, -0.2) is 61.5 Å². The molecule has 1 aromatic heterocycles. The molecular formula is C14H13N5O6S2. The van der Waals surface area contributed by atoms with Crippen LogP contribution in [0.2, 0.25) is 0 Å². The van der Waals surface area contributed by atoms with E-state index in [4.69, 9.17) is 9.95 Å². The van der Waals surface area contributed by atoms with Gasteiger partial charge in [-0.15, -0.1) is 11.8 Å². The van der Waals surface area contributed by atoms with Gasteiger partial charge in [0.1, 0.15) is 22.9 Å². The van der Waals surface area contributed by atoms with Crippen LogP contribution in [0.3, 0.4) is 0 Å². The number of fused-ring (bicyclic) bond motifs is 1. The molecule has 2 N–H and O–H groups in total. The van der Waals surface area contributed by atoms with E-state index in [0.29, 0.717) is 5.57 Å². The summed E-state index contributed by atoms with van der Waals surface area (Å²) in [7, 11) is -1.68. The van der Waals surface area contributed by atoms with Gasteiger partial charge in [0, 0.05) is 10.7 Å². The molecule has 0 bridgehead atoms. The average Bonchev–Trinajstić information content (AvgIpc) is 3.18. The maximum absolute atomic E-state index is 12.4. The molecule has 2 amide bonds. The predicted octanol–water partition coefficient (Wildman–Crippen LogP) is 0.436. The third kappa shape index (κ3) is 3.70. The number of hydrogen-bond acceptors (Lipinski definition) is 7. The molecule has 13 heteroatoms. The van der Waals surface area contributed by atoms with Crippen molar-refractivity contribution >= 4 is 40.3 Å². The second-order valence-corrected chi connectivity index (χ2v) is 8.01. The monoisotopic (exact) mass is 411 g/mol. The van der Waals surface area contributed by atoms with Gasteiger partial charge in [0.2, 0.25) is 5.91 Å². The maximum atomic E-state index is 12.4. The Balaban J connectivity index is 1.68. The van der Waals surface area contributed by atoms with Crippen LogP contribution in [0.5, 0.6) is 0 Å². The van der Waals surface area contributed by atoms with E-state index in [1.807, 2.05) is 0 Å². The summed E-state index contributed by atoms with van der Waals surface area (Å²) < 4.78 is 17.0. The van der Waals surface area contributed by atoms with Crippen LogP contribution in [0.4, 0.5) is 0 Å². The molecule has 2 aliphatic heterocycles. The number of carboxylic acids is 1. The van der Waals surface area contributed by atoms with Crippen molar-refractivity contribution in [1.82, 2.24) is 10.2 Å². The van der Waals surface area contributed by atoms with Gasteiger partial charge in [-0.05, 0) is 23.2 Å². The molecule has 2 aliphatic rings. The molecule has 3 rings (SSSR count). The smallest absolute Gasteiger partial charge is 0.352 e. The average molecular weight is 411 g/mol. The predicted molar refractivity (Wildman–Crippen MR) is 93.7 cm³/mol. The summed E-state index contributed by atoms with van der Waals surface area (Å²) in [6.45, 7) is -0.152. The van der Waals surface area contributed by atoms with Crippen molar-refractivity contribution in [2.75, 3.05) is 18.1 Å².